The lowest BCUT2D eigenvalue weighted by Crippen LogP contribution is -2.45. The molecule has 2 aliphatic rings. The summed E-state index contributed by atoms with van der Waals surface area (Å²) in [6, 6.07) is 6.04. The van der Waals surface area contributed by atoms with E-state index in [1.165, 1.54) is 6.07 Å². The van der Waals surface area contributed by atoms with Gasteiger partial charge in [-0.1, -0.05) is 0 Å². The van der Waals surface area contributed by atoms with Crippen LogP contribution in [0.4, 0.5) is 24.8 Å². The highest BCUT2D eigenvalue weighted by Gasteiger charge is 2.31. The van der Waals surface area contributed by atoms with Crippen LogP contribution < -0.4 is 15.1 Å². The number of aromatic nitrogens is 2. The van der Waals surface area contributed by atoms with Crippen molar-refractivity contribution < 1.29 is 18.0 Å². The summed E-state index contributed by atoms with van der Waals surface area (Å²) in [5.74, 6) is 1.13. The van der Waals surface area contributed by atoms with Gasteiger partial charge in [-0.25, -0.2) is 9.97 Å². The summed E-state index contributed by atoms with van der Waals surface area (Å²) in [6.07, 6.45) is 1.80. The molecule has 2 aromatic rings. The molecule has 4 heterocycles. The Bertz CT molecular complexity index is 873. The molecular weight excluding hydrogens is 395 g/mol. The van der Waals surface area contributed by atoms with Crippen LogP contribution >= 0.6 is 0 Å². The minimum absolute atomic E-state index is 0.00910. The van der Waals surface area contributed by atoms with Crippen LogP contribution in [0.3, 0.4) is 0 Å². The second kappa shape index (κ2) is 8.49. The fraction of sp³-hybridized carbons (Fsp3) is 0.476. The number of rotatable bonds is 4. The van der Waals surface area contributed by atoms with Gasteiger partial charge in [0.1, 0.15) is 11.6 Å². The van der Waals surface area contributed by atoms with Gasteiger partial charge in [-0.2, -0.15) is 13.2 Å². The zero-order chi connectivity index (χ0) is 21.1. The van der Waals surface area contributed by atoms with Crippen LogP contribution in [0, 0.1) is 0 Å². The van der Waals surface area contributed by atoms with Crippen molar-refractivity contribution in [3.8, 4) is 0 Å². The molecule has 0 spiro atoms. The Labute approximate surface area is 173 Å². The molecule has 2 aliphatic heterocycles. The Balaban J connectivity index is 1.35. The number of nitrogens with zero attached hydrogens (tertiary/aromatic N) is 4. The number of hydrogen-bond donors (Lipinski definition) is 1. The molecule has 0 aliphatic carbocycles. The van der Waals surface area contributed by atoms with Gasteiger partial charge in [0, 0.05) is 44.6 Å². The van der Waals surface area contributed by atoms with Crippen LogP contribution in [0.25, 0.3) is 0 Å². The predicted molar refractivity (Wildman–Crippen MR) is 108 cm³/mol. The summed E-state index contributed by atoms with van der Waals surface area (Å²) < 4.78 is 38.1. The maximum absolute atomic E-state index is 12.9. The topological polar surface area (TPSA) is 61.4 Å². The molecule has 30 heavy (non-hydrogen) atoms. The maximum atomic E-state index is 12.9. The first-order chi connectivity index (χ1) is 14.4. The second-order valence-electron chi connectivity index (χ2n) is 7.71. The molecule has 2 saturated heterocycles. The highest BCUT2D eigenvalue weighted by atomic mass is 19.4. The van der Waals surface area contributed by atoms with E-state index in [-0.39, 0.29) is 11.9 Å². The molecule has 0 saturated carbocycles. The van der Waals surface area contributed by atoms with Crippen LogP contribution in [0.15, 0.2) is 36.7 Å². The quantitative estimate of drug-likeness (QED) is 0.822. The lowest BCUT2D eigenvalue weighted by Gasteiger charge is -2.33. The molecular formula is C21H24F3N5O. The van der Waals surface area contributed by atoms with E-state index in [2.05, 4.69) is 20.2 Å². The minimum atomic E-state index is -4.39. The average molecular weight is 419 g/mol. The van der Waals surface area contributed by atoms with E-state index in [9.17, 15) is 18.0 Å². The van der Waals surface area contributed by atoms with E-state index < -0.39 is 11.7 Å². The van der Waals surface area contributed by atoms with Gasteiger partial charge < -0.3 is 15.1 Å². The SMILES string of the molecule is O=C(NC1CCN(c2ccc(C(F)(F)F)cn2)CC1)c1cccnc1N1CCCC1. The third kappa shape index (κ3) is 4.49. The number of amides is 1. The maximum Gasteiger partial charge on any atom is 0.417 e. The van der Waals surface area contributed by atoms with Gasteiger partial charge in [-0.05, 0) is 49.9 Å². The predicted octanol–water partition coefficient (Wildman–Crippen LogP) is 3.49. The number of piperidine rings is 1. The molecule has 1 N–H and O–H groups in total. The lowest BCUT2D eigenvalue weighted by atomic mass is 10.0. The summed E-state index contributed by atoms with van der Waals surface area (Å²) in [5.41, 5.74) is -0.162. The first kappa shape index (κ1) is 20.4. The zero-order valence-electron chi connectivity index (χ0n) is 16.5. The first-order valence-electron chi connectivity index (χ1n) is 10.2. The summed E-state index contributed by atoms with van der Waals surface area (Å²) in [5, 5.41) is 3.10. The summed E-state index contributed by atoms with van der Waals surface area (Å²) >= 11 is 0. The van der Waals surface area contributed by atoms with Crippen molar-refractivity contribution in [3.63, 3.8) is 0 Å². The summed E-state index contributed by atoms with van der Waals surface area (Å²) in [4.78, 5) is 25.3. The standard InChI is InChI=1S/C21H24F3N5O/c22-21(23,24)15-5-6-18(26-14-15)28-12-7-16(8-13-28)27-20(30)17-4-3-9-25-19(17)29-10-1-2-11-29/h3-6,9,14,16H,1-2,7-8,10-13H2,(H,27,30). The number of hydrogen-bond acceptors (Lipinski definition) is 5. The van der Waals surface area contributed by atoms with E-state index in [1.807, 2.05) is 4.90 Å². The molecule has 0 aromatic carbocycles. The molecule has 2 aromatic heterocycles. The Morgan fingerprint density at radius 3 is 2.37 bits per heavy atom. The Morgan fingerprint density at radius 2 is 1.73 bits per heavy atom. The molecule has 0 unspecified atom stereocenters. The van der Waals surface area contributed by atoms with Crippen LogP contribution in [-0.2, 0) is 6.18 Å². The van der Waals surface area contributed by atoms with Crippen molar-refractivity contribution in [3.05, 3.63) is 47.8 Å². The minimum Gasteiger partial charge on any atom is -0.356 e. The third-order valence-corrected chi connectivity index (χ3v) is 5.67. The summed E-state index contributed by atoms with van der Waals surface area (Å²) in [6.45, 7) is 3.07. The largest absolute Gasteiger partial charge is 0.417 e. The van der Waals surface area contributed by atoms with Gasteiger partial charge in [-0.15, -0.1) is 0 Å². The van der Waals surface area contributed by atoms with Crippen LogP contribution in [0.5, 0.6) is 0 Å². The molecule has 160 valence electrons. The highest BCUT2D eigenvalue weighted by Crippen LogP contribution is 2.30. The van der Waals surface area contributed by atoms with E-state index in [0.717, 1.165) is 44.0 Å². The number of alkyl halides is 3. The monoisotopic (exact) mass is 419 g/mol. The van der Waals surface area contributed by atoms with E-state index in [4.69, 9.17) is 0 Å². The van der Waals surface area contributed by atoms with Gasteiger partial charge in [0.25, 0.3) is 5.91 Å². The van der Waals surface area contributed by atoms with Gasteiger partial charge in [0.2, 0.25) is 0 Å². The molecule has 1 amide bonds. The molecule has 0 radical (unpaired) electrons. The molecule has 9 heteroatoms. The van der Waals surface area contributed by atoms with Crippen LogP contribution in [0.2, 0.25) is 0 Å². The molecule has 2 fully saturated rings. The van der Waals surface area contributed by atoms with Crippen molar-refractivity contribution in [1.82, 2.24) is 15.3 Å². The van der Waals surface area contributed by atoms with E-state index in [1.54, 1.807) is 18.3 Å². The number of carbonyl (C=O) groups is 1. The fourth-order valence-corrected chi connectivity index (χ4v) is 4.01. The average Bonchev–Trinajstić information content (AvgIpc) is 3.28. The van der Waals surface area contributed by atoms with Gasteiger partial charge in [0.15, 0.2) is 0 Å². The van der Waals surface area contributed by atoms with E-state index in [0.29, 0.717) is 37.3 Å². The number of nitrogens with one attached hydrogen (secondary N) is 1. The number of pyridine rings is 2. The van der Waals surface area contributed by atoms with Crippen LogP contribution in [-0.4, -0.2) is 48.1 Å². The Hall–Kier alpha value is -2.84. The number of carbonyl (C=O) groups excluding carboxylic acids is 1. The van der Waals surface area contributed by atoms with Crippen molar-refractivity contribution in [2.24, 2.45) is 0 Å². The summed E-state index contributed by atoms with van der Waals surface area (Å²) in [7, 11) is 0. The fourth-order valence-electron chi connectivity index (χ4n) is 4.01. The van der Waals surface area contributed by atoms with Crippen LogP contribution in [0.1, 0.15) is 41.6 Å². The van der Waals surface area contributed by atoms with Crippen molar-refractivity contribution in [2.75, 3.05) is 36.0 Å². The third-order valence-electron chi connectivity index (χ3n) is 5.67. The Kier molecular flexibility index (Phi) is 5.78. The smallest absolute Gasteiger partial charge is 0.356 e. The van der Waals surface area contributed by atoms with Gasteiger partial charge >= 0.3 is 6.18 Å². The zero-order valence-corrected chi connectivity index (χ0v) is 16.5. The van der Waals surface area contributed by atoms with Crippen molar-refractivity contribution in [2.45, 2.75) is 37.9 Å². The Morgan fingerprint density at radius 1 is 1.00 bits per heavy atom. The molecule has 4 rings (SSSR count). The van der Waals surface area contributed by atoms with E-state index >= 15 is 0 Å². The van der Waals surface area contributed by atoms with Crippen molar-refractivity contribution >= 4 is 17.5 Å². The van der Waals surface area contributed by atoms with Gasteiger partial charge in [-0.3, -0.25) is 4.79 Å². The second-order valence-corrected chi connectivity index (χ2v) is 7.71. The molecule has 6 nitrogen and oxygen atoms in total. The number of anilines is 2. The first-order valence-corrected chi connectivity index (χ1v) is 10.2. The number of halogens is 3. The molecule has 0 atom stereocenters. The normalized spacial score (nSPS) is 18.0. The van der Waals surface area contributed by atoms with Gasteiger partial charge in [0.05, 0.1) is 11.1 Å². The lowest BCUT2D eigenvalue weighted by molar-refractivity contribution is -0.137. The highest BCUT2D eigenvalue weighted by molar-refractivity contribution is 5.99. The van der Waals surface area contributed by atoms with Crippen molar-refractivity contribution in [1.29, 1.82) is 0 Å². The molecule has 0 bridgehead atoms.